The first-order valence-corrected chi connectivity index (χ1v) is 12.3. The maximum Gasteiger partial charge on any atom is 0.255 e. The van der Waals surface area contributed by atoms with E-state index < -0.39 is 11.9 Å². The molecule has 9 heteroatoms. The third kappa shape index (κ3) is 7.28. The number of fused-ring (bicyclic) bond motifs is 1. The fourth-order valence-corrected chi connectivity index (χ4v) is 4.45. The van der Waals surface area contributed by atoms with Crippen LogP contribution in [-0.2, 0) is 20.9 Å². The number of ether oxygens (including phenoxy) is 1. The van der Waals surface area contributed by atoms with E-state index in [0.717, 1.165) is 31.2 Å². The molecule has 2 fully saturated rings. The zero-order chi connectivity index (χ0) is 24.3. The molecule has 1 aromatic rings. The van der Waals surface area contributed by atoms with Crippen LogP contribution in [0.5, 0.6) is 5.75 Å². The van der Waals surface area contributed by atoms with Crippen LogP contribution in [0.25, 0.3) is 0 Å². The second-order valence-corrected chi connectivity index (χ2v) is 9.06. The SMILES string of the molecule is CN1CCCC1.O=CNCCCCCCOc1ccc2c(c1)CN(C1CCC(=O)NC1=O)C2=O. The molecule has 0 spiro atoms. The van der Waals surface area contributed by atoms with E-state index in [4.69, 9.17) is 4.74 Å². The Hall–Kier alpha value is -2.94. The van der Waals surface area contributed by atoms with Gasteiger partial charge in [-0.05, 0) is 76.0 Å². The number of hydrogen-bond acceptors (Lipinski definition) is 6. The number of amides is 4. The third-order valence-corrected chi connectivity index (χ3v) is 6.39. The molecule has 186 valence electrons. The summed E-state index contributed by atoms with van der Waals surface area (Å²) < 4.78 is 5.78. The molecule has 0 radical (unpaired) electrons. The molecule has 3 heterocycles. The van der Waals surface area contributed by atoms with Gasteiger partial charge in [0.2, 0.25) is 18.2 Å². The van der Waals surface area contributed by atoms with E-state index in [1.807, 2.05) is 6.07 Å². The van der Waals surface area contributed by atoms with Crippen LogP contribution in [0.15, 0.2) is 18.2 Å². The Morgan fingerprint density at radius 2 is 1.88 bits per heavy atom. The third-order valence-electron chi connectivity index (χ3n) is 6.39. The second-order valence-electron chi connectivity index (χ2n) is 9.06. The highest BCUT2D eigenvalue weighted by molar-refractivity contribution is 6.05. The average molecular weight is 473 g/mol. The van der Waals surface area contributed by atoms with Crippen LogP contribution in [-0.4, -0.2) is 73.3 Å². The van der Waals surface area contributed by atoms with Gasteiger partial charge in [0.05, 0.1) is 6.61 Å². The first-order chi connectivity index (χ1) is 16.5. The van der Waals surface area contributed by atoms with Gasteiger partial charge < -0.3 is 19.9 Å². The van der Waals surface area contributed by atoms with Crippen molar-refractivity contribution in [2.45, 2.75) is 64.0 Å². The predicted octanol–water partition coefficient (Wildman–Crippen LogP) is 1.84. The van der Waals surface area contributed by atoms with Crippen molar-refractivity contribution in [1.29, 1.82) is 0 Å². The molecule has 4 amide bonds. The number of hydrogen-bond donors (Lipinski definition) is 2. The highest BCUT2D eigenvalue weighted by Gasteiger charge is 2.39. The maximum atomic E-state index is 12.6. The van der Waals surface area contributed by atoms with Crippen LogP contribution in [0, 0.1) is 0 Å². The van der Waals surface area contributed by atoms with Crippen molar-refractivity contribution in [3.05, 3.63) is 29.3 Å². The van der Waals surface area contributed by atoms with E-state index in [2.05, 4.69) is 22.6 Å². The number of unbranched alkanes of at least 4 members (excludes halogenated alkanes) is 3. The van der Waals surface area contributed by atoms with Gasteiger partial charge in [-0.25, -0.2) is 0 Å². The summed E-state index contributed by atoms with van der Waals surface area (Å²) in [5.74, 6) is -0.169. The molecule has 0 bridgehead atoms. The first kappa shape index (κ1) is 25.7. The van der Waals surface area contributed by atoms with Crippen molar-refractivity contribution >= 4 is 24.1 Å². The van der Waals surface area contributed by atoms with Gasteiger partial charge in [-0.3, -0.25) is 24.5 Å². The molecule has 1 unspecified atom stereocenters. The molecule has 2 saturated heterocycles. The molecule has 3 aliphatic heterocycles. The molecule has 1 aromatic carbocycles. The molecular formula is C25H36N4O5. The highest BCUT2D eigenvalue weighted by Crippen LogP contribution is 2.30. The number of carbonyl (C=O) groups is 4. The highest BCUT2D eigenvalue weighted by atomic mass is 16.5. The van der Waals surface area contributed by atoms with E-state index in [0.29, 0.717) is 43.8 Å². The van der Waals surface area contributed by atoms with E-state index >= 15 is 0 Å². The summed E-state index contributed by atoms with van der Waals surface area (Å²) >= 11 is 0. The minimum Gasteiger partial charge on any atom is -0.494 e. The van der Waals surface area contributed by atoms with Crippen molar-refractivity contribution in [2.75, 3.05) is 33.3 Å². The first-order valence-electron chi connectivity index (χ1n) is 12.3. The zero-order valence-electron chi connectivity index (χ0n) is 20.0. The van der Waals surface area contributed by atoms with Crippen LogP contribution < -0.4 is 15.4 Å². The number of nitrogens with zero attached hydrogens (tertiary/aromatic N) is 2. The largest absolute Gasteiger partial charge is 0.494 e. The Balaban J connectivity index is 0.000000469. The normalized spacial score (nSPS) is 19.9. The Bertz CT molecular complexity index is 869. The van der Waals surface area contributed by atoms with Crippen LogP contribution in [0.2, 0.25) is 0 Å². The number of nitrogens with one attached hydrogen (secondary N) is 2. The minimum atomic E-state index is -0.601. The number of rotatable bonds is 10. The Morgan fingerprint density at radius 1 is 1.12 bits per heavy atom. The summed E-state index contributed by atoms with van der Waals surface area (Å²) in [5, 5.41) is 4.94. The monoisotopic (exact) mass is 472 g/mol. The lowest BCUT2D eigenvalue weighted by Gasteiger charge is -2.29. The van der Waals surface area contributed by atoms with Gasteiger partial charge in [0.1, 0.15) is 11.8 Å². The lowest BCUT2D eigenvalue weighted by atomic mass is 10.0. The quantitative estimate of drug-likeness (QED) is 0.306. The van der Waals surface area contributed by atoms with Crippen LogP contribution in [0.4, 0.5) is 0 Å². The summed E-state index contributed by atoms with van der Waals surface area (Å²) in [7, 11) is 2.17. The average Bonchev–Trinajstić information content (AvgIpc) is 3.42. The minimum absolute atomic E-state index is 0.181. The summed E-state index contributed by atoms with van der Waals surface area (Å²) in [6.07, 6.45) is 8.06. The topological polar surface area (TPSA) is 108 Å². The molecule has 0 aromatic heterocycles. The van der Waals surface area contributed by atoms with Gasteiger partial charge >= 0.3 is 0 Å². The van der Waals surface area contributed by atoms with E-state index in [-0.39, 0.29) is 18.2 Å². The molecular weight excluding hydrogens is 436 g/mol. The number of piperidine rings is 1. The Labute approximate surface area is 201 Å². The van der Waals surface area contributed by atoms with Gasteiger partial charge in [-0.1, -0.05) is 12.8 Å². The fraction of sp³-hybridized carbons (Fsp3) is 0.600. The molecule has 0 aliphatic carbocycles. The molecule has 34 heavy (non-hydrogen) atoms. The van der Waals surface area contributed by atoms with Crippen molar-refractivity contribution in [1.82, 2.24) is 20.4 Å². The van der Waals surface area contributed by atoms with Gasteiger partial charge in [0.15, 0.2) is 0 Å². The van der Waals surface area contributed by atoms with E-state index in [1.54, 1.807) is 12.1 Å². The summed E-state index contributed by atoms with van der Waals surface area (Å²) in [4.78, 5) is 50.1. The lowest BCUT2D eigenvalue weighted by molar-refractivity contribution is -0.136. The van der Waals surface area contributed by atoms with Gasteiger partial charge in [-0.15, -0.1) is 0 Å². The molecule has 3 aliphatic rings. The predicted molar refractivity (Wildman–Crippen MR) is 127 cm³/mol. The van der Waals surface area contributed by atoms with Crippen molar-refractivity contribution in [2.24, 2.45) is 0 Å². The lowest BCUT2D eigenvalue weighted by Crippen LogP contribution is -2.52. The van der Waals surface area contributed by atoms with Gasteiger partial charge in [-0.2, -0.15) is 0 Å². The zero-order valence-corrected chi connectivity index (χ0v) is 20.0. The van der Waals surface area contributed by atoms with Gasteiger partial charge in [0, 0.05) is 25.1 Å². The van der Waals surface area contributed by atoms with Crippen LogP contribution in [0.1, 0.15) is 67.3 Å². The van der Waals surface area contributed by atoms with Gasteiger partial charge in [0.25, 0.3) is 5.91 Å². The number of benzene rings is 1. The fourth-order valence-electron chi connectivity index (χ4n) is 4.45. The molecule has 4 rings (SSSR count). The molecule has 2 N–H and O–H groups in total. The molecule has 1 atom stereocenters. The van der Waals surface area contributed by atoms with Crippen molar-refractivity contribution in [3.8, 4) is 5.75 Å². The smallest absolute Gasteiger partial charge is 0.255 e. The summed E-state index contributed by atoms with van der Waals surface area (Å²) in [6.45, 7) is 4.28. The number of likely N-dealkylation sites (tertiary alicyclic amines) is 1. The number of imide groups is 1. The Kier molecular flexibility index (Phi) is 9.88. The standard InChI is InChI=1S/C20H25N3O5.C5H11N/c24-13-21-9-3-1-2-4-10-28-15-5-6-16-14(11-15)12-23(20(16)27)17-7-8-18(25)22-19(17)26;1-6-4-2-3-5-6/h5-6,11,13,17H,1-4,7-10,12H2,(H,21,24)(H,22,25,26);2-5H2,1H3. The van der Waals surface area contributed by atoms with Crippen molar-refractivity contribution < 1.29 is 23.9 Å². The summed E-state index contributed by atoms with van der Waals surface area (Å²) in [5.41, 5.74) is 1.42. The maximum absolute atomic E-state index is 12.6. The van der Waals surface area contributed by atoms with E-state index in [9.17, 15) is 19.2 Å². The molecule has 0 saturated carbocycles. The van der Waals surface area contributed by atoms with Crippen LogP contribution in [0.3, 0.4) is 0 Å². The second kappa shape index (κ2) is 13.1. The van der Waals surface area contributed by atoms with Crippen LogP contribution >= 0.6 is 0 Å². The van der Waals surface area contributed by atoms with Crippen molar-refractivity contribution in [3.63, 3.8) is 0 Å². The van der Waals surface area contributed by atoms with E-state index in [1.165, 1.54) is 30.8 Å². The molecule has 9 nitrogen and oxygen atoms in total. The Morgan fingerprint density at radius 3 is 2.56 bits per heavy atom. The summed E-state index contributed by atoms with van der Waals surface area (Å²) in [6, 6.07) is 4.77. The number of carbonyl (C=O) groups excluding carboxylic acids is 4.